The van der Waals surface area contributed by atoms with E-state index in [-0.39, 0.29) is 50.0 Å². The largest absolute Gasteiger partial charge is 0.486 e. The van der Waals surface area contributed by atoms with Crippen molar-refractivity contribution in [2.75, 3.05) is 32.8 Å². The van der Waals surface area contributed by atoms with Crippen LogP contribution in [0.3, 0.4) is 0 Å². The smallest absolute Gasteiger partial charge is 0.322 e. The van der Waals surface area contributed by atoms with Crippen LogP contribution in [0.15, 0.2) is 53.7 Å². The number of para-hydroxylation sites is 2. The number of hydrogen-bond donors (Lipinski definition) is 2. The van der Waals surface area contributed by atoms with E-state index in [0.29, 0.717) is 51.5 Å². The quantitative estimate of drug-likeness (QED) is 0.555. The van der Waals surface area contributed by atoms with Gasteiger partial charge < -0.3 is 25.0 Å². The predicted molar refractivity (Wildman–Crippen MR) is 138 cm³/mol. The molecule has 2 aromatic rings. The van der Waals surface area contributed by atoms with Gasteiger partial charge in [0.25, 0.3) is 5.91 Å². The summed E-state index contributed by atoms with van der Waals surface area (Å²) in [7, 11) is 0. The molecule has 0 saturated carbocycles. The number of carbonyl (C=O) groups excluding carboxylic acids is 3. The zero-order valence-electron chi connectivity index (χ0n) is 20.1. The number of fused-ring (bicyclic) bond motifs is 1. The highest BCUT2D eigenvalue weighted by Gasteiger charge is 2.44. The zero-order chi connectivity index (χ0) is 26.1. The molecule has 2 atom stereocenters. The van der Waals surface area contributed by atoms with Gasteiger partial charge in [-0.2, -0.15) is 0 Å². The second kappa shape index (κ2) is 10.5. The minimum atomic E-state index is -0.701. The predicted octanol–water partition coefficient (Wildman–Crippen LogP) is 3.52. The maximum Gasteiger partial charge on any atom is 0.322 e. The molecule has 11 heteroatoms. The van der Waals surface area contributed by atoms with Crippen molar-refractivity contribution >= 4 is 41.0 Å². The number of halogens is 2. The normalized spacial score (nSPS) is 20.6. The van der Waals surface area contributed by atoms with Crippen LogP contribution < -0.4 is 20.1 Å². The fraction of sp³-hybridized carbons (Fsp3) is 0.346. The number of likely N-dealkylation sites (N-methyl/N-ethyl adjacent to an activating group) is 1. The highest BCUT2D eigenvalue weighted by atomic mass is 35.5. The molecule has 0 aromatic heterocycles. The molecule has 0 unspecified atom stereocenters. The van der Waals surface area contributed by atoms with Crippen molar-refractivity contribution in [2.45, 2.75) is 25.5 Å². The van der Waals surface area contributed by atoms with Gasteiger partial charge in [0, 0.05) is 29.6 Å². The van der Waals surface area contributed by atoms with Crippen LogP contribution in [0.4, 0.5) is 4.79 Å². The molecule has 3 aliphatic heterocycles. The van der Waals surface area contributed by atoms with E-state index in [1.54, 1.807) is 28.0 Å². The minimum absolute atomic E-state index is 0.107. The number of benzene rings is 2. The molecule has 0 bridgehead atoms. The topological polar surface area (TPSA) is 100 Å². The lowest BCUT2D eigenvalue weighted by Crippen LogP contribution is -2.47. The third-order valence-corrected chi connectivity index (χ3v) is 7.15. The summed E-state index contributed by atoms with van der Waals surface area (Å²) in [5, 5.41) is 6.57. The maximum absolute atomic E-state index is 13.5. The van der Waals surface area contributed by atoms with Gasteiger partial charge in [-0.1, -0.05) is 41.4 Å². The Balaban J connectivity index is 1.22. The fourth-order valence-electron chi connectivity index (χ4n) is 4.75. The van der Waals surface area contributed by atoms with Crippen molar-refractivity contribution < 1.29 is 23.9 Å². The van der Waals surface area contributed by atoms with Crippen molar-refractivity contribution in [3.8, 4) is 11.5 Å². The molecule has 4 amide bonds. The third-order valence-electron chi connectivity index (χ3n) is 6.59. The van der Waals surface area contributed by atoms with E-state index < -0.39 is 6.04 Å². The van der Waals surface area contributed by atoms with Crippen LogP contribution >= 0.6 is 23.2 Å². The van der Waals surface area contributed by atoms with Gasteiger partial charge in [0.05, 0.1) is 30.4 Å². The monoisotopic (exact) mass is 544 g/mol. The van der Waals surface area contributed by atoms with Crippen LogP contribution in [-0.4, -0.2) is 66.5 Å². The van der Waals surface area contributed by atoms with E-state index >= 15 is 0 Å². The van der Waals surface area contributed by atoms with Gasteiger partial charge in [-0.05, 0) is 36.8 Å². The lowest BCUT2D eigenvalue weighted by atomic mass is 9.95. The second-order valence-electron chi connectivity index (χ2n) is 8.93. The third kappa shape index (κ3) is 5.06. The molecule has 2 aromatic carbocycles. The first-order valence-corrected chi connectivity index (χ1v) is 12.8. The van der Waals surface area contributed by atoms with Crippen LogP contribution in [0.1, 0.15) is 24.9 Å². The Kier molecular flexibility index (Phi) is 7.17. The highest BCUT2D eigenvalue weighted by Crippen LogP contribution is 2.39. The van der Waals surface area contributed by atoms with E-state index in [9.17, 15) is 14.4 Å². The van der Waals surface area contributed by atoms with Crippen molar-refractivity contribution in [1.82, 2.24) is 20.4 Å². The molecule has 37 heavy (non-hydrogen) atoms. The standard InChI is InChI=1S/C26H26Cl2N4O5/c1-2-32-19-13-31(10-9-22(33)29-12-16-14-36-20-5-3-4-6-21(20)37-16)25(34)23(19)24(30-26(32)35)17-8-7-15(27)11-18(17)28/h3-8,11,16,24H,2,9-10,12-14H2,1H3,(H,29,33)(H,30,35)/t16-,24+/m1/s1. The number of nitrogens with one attached hydrogen (secondary N) is 2. The van der Waals surface area contributed by atoms with Gasteiger partial charge in [0.2, 0.25) is 5.91 Å². The van der Waals surface area contributed by atoms with E-state index in [4.69, 9.17) is 32.7 Å². The van der Waals surface area contributed by atoms with Gasteiger partial charge in [0.1, 0.15) is 12.7 Å². The minimum Gasteiger partial charge on any atom is -0.486 e. The maximum atomic E-state index is 13.5. The zero-order valence-corrected chi connectivity index (χ0v) is 21.6. The fourth-order valence-corrected chi connectivity index (χ4v) is 5.27. The Morgan fingerprint density at radius 2 is 1.95 bits per heavy atom. The number of ether oxygens (including phenoxy) is 2. The Morgan fingerprint density at radius 1 is 1.16 bits per heavy atom. The summed E-state index contributed by atoms with van der Waals surface area (Å²) in [6.07, 6.45) is -0.197. The molecule has 3 heterocycles. The lowest BCUT2D eigenvalue weighted by Gasteiger charge is -2.33. The molecule has 194 valence electrons. The van der Waals surface area contributed by atoms with Crippen LogP contribution in [0.5, 0.6) is 11.5 Å². The summed E-state index contributed by atoms with van der Waals surface area (Å²) < 4.78 is 11.6. The van der Waals surface area contributed by atoms with E-state index in [1.165, 1.54) is 0 Å². The average molecular weight is 545 g/mol. The number of hydrogen-bond acceptors (Lipinski definition) is 5. The first kappa shape index (κ1) is 25.2. The van der Waals surface area contributed by atoms with Crippen molar-refractivity contribution in [3.63, 3.8) is 0 Å². The SMILES string of the molecule is CCN1C(=O)N[C@@H](c2ccc(Cl)cc2Cl)C2=C1CN(CCC(=O)NC[C@@H]1COc3ccccc3O1)C2=O. The number of carbonyl (C=O) groups is 3. The number of amides is 4. The summed E-state index contributed by atoms with van der Waals surface area (Å²) in [6, 6.07) is 11.3. The Bertz CT molecular complexity index is 1280. The number of nitrogens with zero attached hydrogens (tertiary/aromatic N) is 2. The summed E-state index contributed by atoms with van der Waals surface area (Å²) in [5.41, 5.74) is 1.67. The van der Waals surface area contributed by atoms with Gasteiger partial charge >= 0.3 is 6.03 Å². The first-order valence-electron chi connectivity index (χ1n) is 12.1. The van der Waals surface area contributed by atoms with Gasteiger partial charge in [0.15, 0.2) is 11.5 Å². The molecule has 0 radical (unpaired) electrons. The summed E-state index contributed by atoms with van der Waals surface area (Å²) in [4.78, 5) is 42.0. The Hall–Kier alpha value is -3.43. The highest BCUT2D eigenvalue weighted by molar-refractivity contribution is 6.35. The van der Waals surface area contributed by atoms with Crippen LogP contribution in [0.2, 0.25) is 10.0 Å². The molecule has 9 nitrogen and oxygen atoms in total. The van der Waals surface area contributed by atoms with Crippen molar-refractivity contribution in [3.05, 3.63) is 69.3 Å². The van der Waals surface area contributed by atoms with Crippen LogP contribution in [0, 0.1) is 0 Å². The molecule has 5 rings (SSSR count). The van der Waals surface area contributed by atoms with Gasteiger partial charge in [-0.15, -0.1) is 0 Å². The molecular weight excluding hydrogens is 519 g/mol. The molecule has 0 fully saturated rings. The summed E-state index contributed by atoms with van der Waals surface area (Å²) >= 11 is 12.5. The van der Waals surface area contributed by atoms with Crippen LogP contribution in [-0.2, 0) is 9.59 Å². The Morgan fingerprint density at radius 3 is 2.70 bits per heavy atom. The number of rotatable bonds is 7. The summed E-state index contributed by atoms with van der Waals surface area (Å²) in [5.74, 6) is 0.879. The van der Waals surface area contributed by atoms with Crippen molar-refractivity contribution in [1.29, 1.82) is 0 Å². The molecule has 2 N–H and O–H groups in total. The molecule has 0 aliphatic carbocycles. The van der Waals surface area contributed by atoms with E-state index in [1.807, 2.05) is 31.2 Å². The average Bonchev–Trinajstić information content (AvgIpc) is 3.21. The van der Waals surface area contributed by atoms with Crippen LogP contribution in [0.25, 0.3) is 0 Å². The Labute approximate surface area is 224 Å². The molecule has 3 aliphatic rings. The van der Waals surface area contributed by atoms with Gasteiger partial charge in [-0.25, -0.2) is 4.79 Å². The number of urea groups is 1. The molecule has 0 spiro atoms. The lowest BCUT2D eigenvalue weighted by molar-refractivity contribution is -0.127. The summed E-state index contributed by atoms with van der Waals surface area (Å²) in [6.45, 7) is 3.31. The van der Waals surface area contributed by atoms with Crippen molar-refractivity contribution in [2.24, 2.45) is 0 Å². The van der Waals surface area contributed by atoms with E-state index in [2.05, 4.69) is 10.6 Å². The molecular formula is C26H26Cl2N4O5. The second-order valence-corrected chi connectivity index (χ2v) is 9.77. The van der Waals surface area contributed by atoms with E-state index in [0.717, 1.165) is 0 Å². The van der Waals surface area contributed by atoms with Gasteiger partial charge in [-0.3, -0.25) is 14.5 Å². The molecule has 0 saturated heterocycles. The first-order chi connectivity index (χ1) is 17.9.